The molecule has 0 saturated heterocycles. The number of nitrogens with zero attached hydrogens (tertiary/aromatic N) is 3. The number of hydrogen-bond acceptors (Lipinski definition) is 6. The molecule has 1 aromatic carbocycles. The van der Waals surface area contributed by atoms with Gasteiger partial charge in [0.1, 0.15) is 29.8 Å². The summed E-state index contributed by atoms with van der Waals surface area (Å²) in [7, 11) is 3.26. The van der Waals surface area contributed by atoms with E-state index >= 15 is 0 Å². The highest BCUT2D eigenvalue weighted by atomic mass is 16.7. The van der Waals surface area contributed by atoms with Crippen LogP contribution in [0.3, 0.4) is 0 Å². The van der Waals surface area contributed by atoms with Crippen molar-refractivity contribution in [2.75, 3.05) is 19.0 Å². The summed E-state index contributed by atoms with van der Waals surface area (Å²) in [6, 6.07) is 12.2. The Balaban J connectivity index is 1.83. The number of benzene rings is 1. The third-order valence-corrected chi connectivity index (χ3v) is 4.19. The van der Waals surface area contributed by atoms with Crippen molar-refractivity contribution in [2.45, 2.75) is 19.8 Å². The molecular weight excluding hydrogens is 362 g/mol. The van der Waals surface area contributed by atoms with Gasteiger partial charge in [-0.05, 0) is 18.2 Å². The van der Waals surface area contributed by atoms with Crippen molar-refractivity contribution in [3.8, 4) is 5.75 Å². The maximum absolute atomic E-state index is 12.4. The fraction of sp³-hybridized carbons (Fsp3) is 0.250. The lowest BCUT2D eigenvalue weighted by Gasteiger charge is -2.22. The van der Waals surface area contributed by atoms with E-state index in [9.17, 15) is 9.59 Å². The summed E-state index contributed by atoms with van der Waals surface area (Å²) in [5.74, 6) is 0.722. The Morgan fingerprint density at radius 2 is 1.75 bits per heavy atom. The topological polar surface area (TPSA) is 81.2 Å². The Morgan fingerprint density at radius 3 is 2.39 bits per heavy atom. The zero-order valence-corrected chi connectivity index (χ0v) is 15.9. The van der Waals surface area contributed by atoms with Crippen LogP contribution in [0.2, 0.25) is 0 Å². The van der Waals surface area contributed by atoms with Crippen molar-refractivity contribution < 1.29 is 23.8 Å². The fourth-order valence-electron chi connectivity index (χ4n) is 2.50. The number of ether oxygens (including phenoxy) is 3. The second-order valence-electron chi connectivity index (χ2n) is 6.21. The third-order valence-electron chi connectivity index (χ3n) is 4.19. The van der Waals surface area contributed by atoms with Crippen LogP contribution < -0.4 is 9.64 Å². The van der Waals surface area contributed by atoms with Gasteiger partial charge >= 0.3 is 6.09 Å². The zero-order valence-electron chi connectivity index (χ0n) is 15.9. The first-order chi connectivity index (χ1) is 13.5. The predicted octanol–water partition coefficient (Wildman–Crippen LogP) is 3.21. The average molecular weight is 383 g/mol. The molecule has 0 unspecified atom stereocenters. The normalized spacial score (nSPS) is 12.8. The summed E-state index contributed by atoms with van der Waals surface area (Å²) >= 11 is 0. The molecule has 146 valence electrons. The molecule has 0 aliphatic carbocycles. The highest BCUT2D eigenvalue weighted by molar-refractivity contribution is 5.87. The van der Waals surface area contributed by atoms with Crippen LogP contribution in [0.25, 0.3) is 0 Å². The quantitative estimate of drug-likeness (QED) is 0.789. The van der Waals surface area contributed by atoms with Gasteiger partial charge in [-0.15, -0.1) is 0 Å². The molecule has 28 heavy (non-hydrogen) atoms. The molecule has 1 aromatic heterocycles. The molecule has 1 aliphatic heterocycles. The van der Waals surface area contributed by atoms with Gasteiger partial charge in [0.15, 0.2) is 0 Å². The average Bonchev–Trinajstić information content (AvgIpc) is 3.23. The molecule has 8 nitrogen and oxygen atoms in total. The molecule has 0 radical (unpaired) electrons. The summed E-state index contributed by atoms with van der Waals surface area (Å²) in [5, 5.41) is 0. The van der Waals surface area contributed by atoms with Gasteiger partial charge in [-0.2, -0.15) is 0 Å². The Bertz CT molecular complexity index is 877. The van der Waals surface area contributed by atoms with E-state index in [2.05, 4.69) is 4.98 Å². The molecule has 0 fully saturated rings. The van der Waals surface area contributed by atoms with E-state index in [1.807, 2.05) is 6.07 Å². The van der Waals surface area contributed by atoms with E-state index in [1.165, 1.54) is 24.3 Å². The zero-order chi connectivity index (χ0) is 20.1. The van der Waals surface area contributed by atoms with E-state index in [0.29, 0.717) is 23.8 Å². The standard InChI is InChI=1S/C20H21N3O5/c1-14(24)22(2)13-15-9-10-17(21-18(15)19-26-11-12-27-19)23(3)20(25)28-16-7-5-4-6-8-16/h4-12,19H,13H2,1-3H3. The number of anilines is 1. The van der Waals surface area contributed by atoms with E-state index in [0.717, 1.165) is 5.56 Å². The first-order valence-corrected chi connectivity index (χ1v) is 8.63. The van der Waals surface area contributed by atoms with Gasteiger partial charge in [-0.1, -0.05) is 24.3 Å². The van der Waals surface area contributed by atoms with Crippen molar-refractivity contribution in [2.24, 2.45) is 0 Å². The number of carbonyl (C=O) groups excluding carboxylic acids is 2. The highest BCUT2D eigenvalue weighted by Gasteiger charge is 2.25. The minimum atomic E-state index is -0.742. The highest BCUT2D eigenvalue weighted by Crippen LogP contribution is 2.28. The second-order valence-corrected chi connectivity index (χ2v) is 6.21. The molecule has 0 spiro atoms. The molecule has 0 N–H and O–H groups in total. The van der Waals surface area contributed by atoms with Gasteiger partial charge < -0.3 is 19.1 Å². The van der Waals surface area contributed by atoms with Crippen LogP contribution >= 0.6 is 0 Å². The third kappa shape index (κ3) is 4.40. The van der Waals surface area contributed by atoms with Crippen LogP contribution in [0.1, 0.15) is 24.5 Å². The van der Waals surface area contributed by atoms with Gasteiger partial charge in [-0.25, -0.2) is 9.78 Å². The Hall–Kier alpha value is -3.55. The van der Waals surface area contributed by atoms with Crippen LogP contribution in [-0.2, 0) is 20.8 Å². The summed E-state index contributed by atoms with van der Waals surface area (Å²) in [6.45, 7) is 1.82. The minimum Gasteiger partial charge on any atom is -0.454 e. The molecule has 2 heterocycles. The number of aromatic nitrogens is 1. The van der Waals surface area contributed by atoms with E-state index in [-0.39, 0.29) is 5.91 Å². The summed E-state index contributed by atoms with van der Waals surface area (Å²) < 4.78 is 16.2. The first-order valence-electron chi connectivity index (χ1n) is 8.63. The van der Waals surface area contributed by atoms with E-state index < -0.39 is 12.4 Å². The first kappa shape index (κ1) is 19.2. The van der Waals surface area contributed by atoms with Gasteiger partial charge in [0.25, 0.3) is 6.29 Å². The Kier molecular flexibility index (Phi) is 5.78. The molecule has 2 aromatic rings. The molecule has 2 amide bonds. The van der Waals surface area contributed by atoms with Crippen LogP contribution in [-0.4, -0.2) is 36.0 Å². The number of amides is 2. The lowest BCUT2D eigenvalue weighted by Crippen LogP contribution is -2.31. The van der Waals surface area contributed by atoms with Crippen molar-refractivity contribution in [3.05, 3.63) is 66.2 Å². The maximum Gasteiger partial charge on any atom is 0.420 e. The fourth-order valence-corrected chi connectivity index (χ4v) is 2.50. The molecule has 0 bridgehead atoms. The van der Waals surface area contributed by atoms with Crippen LogP contribution in [0.5, 0.6) is 5.75 Å². The van der Waals surface area contributed by atoms with Crippen molar-refractivity contribution in [3.63, 3.8) is 0 Å². The summed E-state index contributed by atoms with van der Waals surface area (Å²) in [5.41, 5.74) is 1.23. The van der Waals surface area contributed by atoms with Gasteiger partial charge in [0.2, 0.25) is 5.91 Å². The van der Waals surface area contributed by atoms with E-state index in [1.54, 1.807) is 55.4 Å². The molecule has 8 heteroatoms. The van der Waals surface area contributed by atoms with Crippen LogP contribution in [0.4, 0.5) is 10.6 Å². The molecule has 1 aliphatic rings. The lowest BCUT2D eigenvalue weighted by atomic mass is 10.1. The number of rotatable bonds is 5. The molecule has 0 saturated carbocycles. The second kappa shape index (κ2) is 8.43. The van der Waals surface area contributed by atoms with Crippen molar-refractivity contribution in [1.29, 1.82) is 0 Å². The predicted molar refractivity (Wildman–Crippen MR) is 101 cm³/mol. The maximum atomic E-state index is 12.4. The minimum absolute atomic E-state index is 0.0787. The summed E-state index contributed by atoms with van der Waals surface area (Å²) in [4.78, 5) is 31.4. The largest absolute Gasteiger partial charge is 0.454 e. The summed E-state index contributed by atoms with van der Waals surface area (Å²) in [6.07, 6.45) is 1.52. The van der Waals surface area contributed by atoms with Crippen LogP contribution in [0, 0.1) is 0 Å². The molecule has 0 atom stereocenters. The van der Waals surface area contributed by atoms with Crippen molar-refractivity contribution in [1.82, 2.24) is 9.88 Å². The number of para-hydroxylation sites is 1. The van der Waals surface area contributed by atoms with Crippen LogP contribution in [0.15, 0.2) is 55.0 Å². The van der Waals surface area contributed by atoms with Gasteiger partial charge in [-0.3, -0.25) is 9.69 Å². The SMILES string of the molecule is CC(=O)N(C)Cc1ccc(N(C)C(=O)Oc2ccccc2)nc1C1OC=CO1. The molecular formula is C20H21N3O5. The number of hydrogen-bond donors (Lipinski definition) is 0. The van der Waals surface area contributed by atoms with Gasteiger partial charge in [0.05, 0.1) is 0 Å². The van der Waals surface area contributed by atoms with Gasteiger partial charge in [0, 0.05) is 33.1 Å². The van der Waals surface area contributed by atoms with Crippen molar-refractivity contribution >= 4 is 17.8 Å². The number of carbonyl (C=O) groups is 2. The smallest absolute Gasteiger partial charge is 0.420 e. The monoisotopic (exact) mass is 383 g/mol. The van der Waals surface area contributed by atoms with E-state index in [4.69, 9.17) is 14.2 Å². The molecule has 3 rings (SSSR count). The Labute approximate surface area is 162 Å². The Morgan fingerprint density at radius 1 is 1.07 bits per heavy atom. The lowest BCUT2D eigenvalue weighted by molar-refractivity contribution is -0.128. The number of pyridine rings is 1.